The number of anilines is 2. The van der Waals surface area contributed by atoms with Crippen LogP contribution in [0, 0.1) is 18.7 Å². The van der Waals surface area contributed by atoms with Crippen molar-refractivity contribution in [2.75, 3.05) is 11.9 Å². The summed E-state index contributed by atoms with van der Waals surface area (Å²) in [4.78, 5) is 28.5. The third-order valence-corrected chi connectivity index (χ3v) is 7.24. The van der Waals surface area contributed by atoms with E-state index in [-0.39, 0.29) is 11.6 Å². The van der Waals surface area contributed by atoms with Crippen molar-refractivity contribution >= 4 is 46.9 Å². The highest BCUT2D eigenvalue weighted by atomic mass is 19.1. The Balaban J connectivity index is 1.44. The second kappa shape index (κ2) is 14.9. The minimum Gasteiger partial charge on any atom is -0.457 e. The number of amides is 1. The summed E-state index contributed by atoms with van der Waals surface area (Å²) in [6.07, 6.45) is 13.3. The summed E-state index contributed by atoms with van der Waals surface area (Å²) < 4.78 is 23.4. The van der Waals surface area contributed by atoms with E-state index in [4.69, 9.17) is 4.74 Å². The van der Waals surface area contributed by atoms with Crippen LogP contribution in [0.25, 0.3) is 17.1 Å². The van der Waals surface area contributed by atoms with Crippen molar-refractivity contribution in [1.82, 2.24) is 24.8 Å². The van der Waals surface area contributed by atoms with E-state index in [1.165, 1.54) is 12.4 Å². The van der Waals surface area contributed by atoms with Gasteiger partial charge >= 0.3 is 0 Å². The van der Waals surface area contributed by atoms with Crippen molar-refractivity contribution in [1.29, 1.82) is 0 Å². The van der Waals surface area contributed by atoms with Gasteiger partial charge in [0, 0.05) is 25.2 Å². The molecule has 1 atom stereocenters. The van der Waals surface area contributed by atoms with Crippen molar-refractivity contribution in [3.8, 4) is 11.5 Å². The fourth-order valence-electron chi connectivity index (χ4n) is 4.91. The molecule has 2 heterocycles. The van der Waals surface area contributed by atoms with Crippen LogP contribution in [-0.2, 0) is 11.8 Å². The number of nitrogens with zero attached hydrogens (tertiary/aromatic N) is 5. The molecule has 0 saturated carbocycles. The van der Waals surface area contributed by atoms with Gasteiger partial charge in [-0.3, -0.25) is 9.79 Å². The minimum atomic E-state index is -0.464. The third-order valence-electron chi connectivity index (χ3n) is 7.24. The average molecular weight is 584 g/mol. The van der Waals surface area contributed by atoms with Gasteiger partial charge in [-0.2, -0.15) is 0 Å². The van der Waals surface area contributed by atoms with Gasteiger partial charge in [-0.1, -0.05) is 32.4 Å². The van der Waals surface area contributed by atoms with Gasteiger partial charge in [0.15, 0.2) is 11.6 Å². The molecule has 0 bridgehead atoms. The number of halogens is 1. The highest BCUT2D eigenvalue weighted by Crippen LogP contribution is 2.35. The maximum atomic E-state index is 15.5. The quantitative estimate of drug-likeness (QED) is 0.0849. The Morgan fingerprint density at radius 2 is 2.05 bits per heavy atom. The van der Waals surface area contributed by atoms with Crippen molar-refractivity contribution in [3.05, 3.63) is 78.8 Å². The van der Waals surface area contributed by atoms with E-state index < -0.39 is 5.82 Å². The number of ether oxygens (including phenoxy) is 1. The SMILES string of the molecule is C=CC(=O)NCCCC(C/C=C\c1ncnc(Nc2ccc(Oc3ccc4c(c3)ncn4C)c(C)c2F)c1N=C)CCC. The van der Waals surface area contributed by atoms with Crippen LogP contribution in [0.15, 0.2) is 66.7 Å². The normalized spacial score (nSPS) is 11.9. The number of aromatic nitrogens is 4. The Bertz CT molecular complexity index is 1630. The molecular formula is C33H38FN7O2. The van der Waals surface area contributed by atoms with Gasteiger partial charge in [0.1, 0.15) is 23.5 Å². The maximum Gasteiger partial charge on any atom is 0.243 e. The molecule has 0 radical (unpaired) electrons. The van der Waals surface area contributed by atoms with Crippen LogP contribution in [0.5, 0.6) is 11.5 Å². The lowest BCUT2D eigenvalue weighted by molar-refractivity contribution is -0.116. The van der Waals surface area contributed by atoms with Crippen molar-refractivity contribution in [3.63, 3.8) is 0 Å². The van der Waals surface area contributed by atoms with E-state index >= 15 is 4.39 Å². The van der Waals surface area contributed by atoms with Crippen molar-refractivity contribution < 1.29 is 13.9 Å². The summed E-state index contributed by atoms with van der Waals surface area (Å²) >= 11 is 0. The highest BCUT2D eigenvalue weighted by molar-refractivity contribution is 5.86. The Hall–Kier alpha value is -4.86. The lowest BCUT2D eigenvalue weighted by Crippen LogP contribution is -2.22. The van der Waals surface area contributed by atoms with Crippen LogP contribution in [0.2, 0.25) is 0 Å². The Morgan fingerprint density at radius 1 is 1.21 bits per heavy atom. The first-order valence-electron chi connectivity index (χ1n) is 14.4. The number of imidazole rings is 1. The summed E-state index contributed by atoms with van der Waals surface area (Å²) in [6, 6.07) is 8.89. The molecule has 0 aliphatic rings. The van der Waals surface area contributed by atoms with E-state index in [1.54, 1.807) is 25.4 Å². The summed E-state index contributed by atoms with van der Waals surface area (Å²) in [6.45, 7) is 11.6. The Labute approximate surface area is 251 Å². The van der Waals surface area contributed by atoms with E-state index in [2.05, 4.69) is 56.9 Å². The number of hydrogen-bond acceptors (Lipinski definition) is 7. The van der Waals surface area contributed by atoms with E-state index in [1.807, 2.05) is 35.9 Å². The third kappa shape index (κ3) is 7.91. The number of carbonyl (C=O) groups is 1. The molecule has 43 heavy (non-hydrogen) atoms. The fourth-order valence-corrected chi connectivity index (χ4v) is 4.91. The molecule has 1 amide bonds. The van der Waals surface area contributed by atoms with Crippen LogP contribution >= 0.6 is 0 Å². The number of fused-ring (bicyclic) bond motifs is 1. The summed E-state index contributed by atoms with van der Waals surface area (Å²) in [5.74, 6) is 1.18. The zero-order valence-corrected chi connectivity index (χ0v) is 24.9. The molecule has 2 aromatic carbocycles. The maximum absolute atomic E-state index is 15.5. The fraction of sp³-hybridized carbons (Fsp3) is 0.303. The summed E-state index contributed by atoms with van der Waals surface area (Å²) in [5, 5.41) is 5.88. The summed E-state index contributed by atoms with van der Waals surface area (Å²) in [7, 11) is 1.92. The average Bonchev–Trinajstić information content (AvgIpc) is 3.38. The molecular weight excluding hydrogens is 545 g/mol. The molecule has 2 aromatic heterocycles. The first-order valence-corrected chi connectivity index (χ1v) is 14.4. The molecule has 10 heteroatoms. The minimum absolute atomic E-state index is 0.150. The number of benzene rings is 2. The zero-order chi connectivity index (χ0) is 30.8. The molecule has 0 fully saturated rings. The molecule has 4 rings (SSSR count). The van der Waals surface area contributed by atoms with Gasteiger partial charge in [0.2, 0.25) is 5.91 Å². The second-order valence-electron chi connectivity index (χ2n) is 10.3. The van der Waals surface area contributed by atoms with Gasteiger partial charge in [-0.05, 0) is 75.2 Å². The van der Waals surface area contributed by atoms with Gasteiger partial charge in [-0.15, -0.1) is 0 Å². The molecule has 4 aromatic rings. The van der Waals surface area contributed by atoms with Gasteiger partial charge in [0.25, 0.3) is 0 Å². The van der Waals surface area contributed by atoms with Gasteiger partial charge in [0.05, 0.1) is 28.7 Å². The number of carbonyl (C=O) groups excluding carboxylic acids is 1. The molecule has 0 aliphatic carbocycles. The highest BCUT2D eigenvalue weighted by Gasteiger charge is 2.16. The van der Waals surface area contributed by atoms with Crippen molar-refractivity contribution in [2.45, 2.75) is 46.0 Å². The topological polar surface area (TPSA) is 106 Å². The van der Waals surface area contributed by atoms with Crippen molar-refractivity contribution in [2.24, 2.45) is 18.0 Å². The Kier molecular flexibility index (Phi) is 10.7. The number of aliphatic imine (C=N–C) groups is 1. The van der Waals surface area contributed by atoms with Gasteiger partial charge in [-0.25, -0.2) is 19.3 Å². The molecule has 9 nitrogen and oxygen atoms in total. The van der Waals surface area contributed by atoms with Crippen LogP contribution in [-0.4, -0.2) is 38.7 Å². The number of nitrogens with one attached hydrogen (secondary N) is 2. The predicted molar refractivity (Wildman–Crippen MR) is 171 cm³/mol. The van der Waals surface area contributed by atoms with Crippen LogP contribution in [0.3, 0.4) is 0 Å². The predicted octanol–water partition coefficient (Wildman–Crippen LogP) is 7.58. The second-order valence-corrected chi connectivity index (χ2v) is 10.3. The number of hydrogen-bond donors (Lipinski definition) is 2. The largest absolute Gasteiger partial charge is 0.457 e. The van der Waals surface area contributed by atoms with Crippen LogP contribution in [0.1, 0.15) is 50.3 Å². The molecule has 0 spiro atoms. The lowest BCUT2D eigenvalue weighted by Gasteiger charge is -2.15. The summed E-state index contributed by atoms with van der Waals surface area (Å²) in [5.41, 5.74) is 3.37. The number of aryl methyl sites for hydroxylation is 1. The number of allylic oxidation sites excluding steroid dienone is 1. The molecule has 1 unspecified atom stereocenters. The molecule has 224 valence electrons. The zero-order valence-electron chi connectivity index (χ0n) is 24.9. The lowest BCUT2D eigenvalue weighted by atomic mass is 9.94. The van der Waals surface area contributed by atoms with Crippen LogP contribution < -0.4 is 15.4 Å². The standard InChI is InChI=1S/C33H38FN7O2/c1-6-10-23(12-9-18-36-30(42)7-2)11-8-13-26-32(35-4)33(38-20-37-26)40-25-15-17-29(22(3)31(25)34)43-24-14-16-28-27(19-24)39-21-41(28)5/h7-8,13-17,19-21,23H,2,4,6,9-12,18H2,1,3,5H3,(H,36,42)(H,37,38,40)/b13-8-. The Morgan fingerprint density at radius 3 is 2.81 bits per heavy atom. The van der Waals surface area contributed by atoms with Crippen LogP contribution in [0.4, 0.5) is 21.6 Å². The monoisotopic (exact) mass is 583 g/mol. The molecule has 2 N–H and O–H groups in total. The van der Waals surface area contributed by atoms with E-state index in [0.717, 1.165) is 43.1 Å². The smallest absolute Gasteiger partial charge is 0.243 e. The molecule has 0 aliphatic heterocycles. The van der Waals surface area contributed by atoms with E-state index in [0.29, 0.717) is 46.7 Å². The van der Waals surface area contributed by atoms with Gasteiger partial charge < -0.3 is 19.9 Å². The van der Waals surface area contributed by atoms with E-state index in [9.17, 15) is 4.79 Å². The first-order chi connectivity index (χ1) is 20.8. The first kappa shape index (κ1) is 31.1. The molecule has 0 saturated heterocycles. The number of rotatable bonds is 15.